The second kappa shape index (κ2) is 7.37. The number of allylic oxidation sites excluding steroid dienone is 2. The van der Waals surface area contributed by atoms with Crippen LogP contribution >= 0.6 is 11.3 Å². The van der Waals surface area contributed by atoms with Crippen LogP contribution in [-0.4, -0.2) is 34.0 Å². The van der Waals surface area contributed by atoms with E-state index in [1.54, 1.807) is 24.3 Å². The van der Waals surface area contributed by atoms with Gasteiger partial charge in [-0.15, -0.1) is 11.3 Å². The third-order valence-electron chi connectivity index (χ3n) is 6.62. The Morgan fingerprint density at radius 1 is 1.17 bits per heavy atom. The molecule has 2 aliphatic heterocycles. The van der Waals surface area contributed by atoms with Crippen molar-refractivity contribution in [1.82, 2.24) is 4.90 Å². The van der Waals surface area contributed by atoms with Gasteiger partial charge in [0.25, 0.3) is 0 Å². The Morgan fingerprint density at radius 2 is 1.97 bits per heavy atom. The largest absolute Gasteiger partial charge is 0.508 e. The highest BCUT2D eigenvalue weighted by Crippen LogP contribution is 2.52. The lowest BCUT2D eigenvalue weighted by atomic mass is 9.55. The number of phenols is 1. The van der Waals surface area contributed by atoms with Crippen molar-refractivity contribution >= 4 is 30.3 Å². The van der Waals surface area contributed by atoms with E-state index < -0.39 is 25.1 Å². The van der Waals surface area contributed by atoms with Gasteiger partial charge in [-0.1, -0.05) is 29.8 Å². The van der Waals surface area contributed by atoms with Gasteiger partial charge in [0.15, 0.2) is 0 Å². The van der Waals surface area contributed by atoms with E-state index in [-0.39, 0.29) is 23.5 Å². The first-order valence-electron chi connectivity index (χ1n) is 10.1. The Morgan fingerprint density at radius 3 is 2.70 bits per heavy atom. The highest BCUT2D eigenvalue weighted by Gasteiger charge is 2.57. The number of amides is 2. The summed E-state index contributed by atoms with van der Waals surface area (Å²) < 4.78 is 5.85. The topological polar surface area (TPSA) is 87.1 Å². The van der Waals surface area contributed by atoms with Gasteiger partial charge in [0.1, 0.15) is 5.75 Å². The summed E-state index contributed by atoms with van der Waals surface area (Å²) in [5.41, 5.74) is 2.23. The van der Waals surface area contributed by atoms with E-state index in [9.17, 15) is 19.7 Å². The second-order valence-electron chi connectivity index (χ2n) is 8.29. The first-order chi connectivity index (χ1) is 14.5. The molecule has 2 amide bonds. The number of hydrogen-bond acceptors (Lipinski definition) is 6. The van der Waals surface area contributed by atoms with Gasteiger partial charge in [0.05, 0.1) is 24.5 Å². The molecule has 6 nitrogen and oxygen atoms in total. The van der Waals surface area contributed by atoms with Crippen molar-refractivity contribution < 1.29 is 24.4 Å². The lowest BCUT2D eigenvalue weighted by molar-refractivity contribution is -0.140. The maximum absolute atomic E-state index is 13.4. The summed E-state index contributed by atoms with van der Waals surface area (Å²) in [6.45, 7) is 2.20. The molecule has 30 heavy (non-hydrogen) atoms. The van der Waals surface area contributed by atoms with E-state index in [4.69, 9.17) is 4.65 Å². The molecule has 4 atom stereocenters. The molecule has 0 unspecified atom stereocenters. The normalized spacial score (nSPS) is 28.7. The van der Waals surface area contributed by atoms with Crippen molar-refractivity contribution in [1.29, 1.82) is 0 Å². The molecule has 3 heterocycles. The highest BCUT2D eigenvalue weighted by atomic mass is 32.1. The van der Waals surface area contributed by atoms with Crippen molar-refractivity contribution in [2.45, 2.75) is 32.4 Å². The first-order valence-corrected chi connectivity index (χ1v) is 11.0. The van der Waals surface area contributed by atoms with Gasteiger partial charge in [0, 0.05) is 10.4 Å². The van der Waals surface area contributed by atoms with Crippen molar-refractivity contribution in [3.8, 4) is 5.75 Å². The number of benzene rings is 1. The van der Waals surface area contributed by atoms with E-state index in [1.165, 1.54) is 16.2 Å². The smallest absolute Gasteiger partial charge is 0.487 e. The van der Waals surface area contributed by atoms with Crippen LogP contribution in [0.4, 0.5) is 0 Å². The molecule has 0 spiro atoms. The van der Waals surface area contributed by atoms with Crippen molar-refractivity contribution in [3.63, 3.8) is 0 Å². The number of fused-ring (bicyclic) bond motifs is 3. The van der Waals surface area contributed by atoms with E-state index >= 15 is 0 Å². The molecule has 3 aliphatic rings. The van der Waals surface area contributed by atoms with Crippen LogP contribution in [0.1, 0.15) is 36.3 Å². The summed E-state index contributed by atoms with van der Waals surface area (Å²) in [5, 5.41) is 23.0. The number of para-hydroxylation sites is 1. The van der Waals surface area contributed by atoms with Gasteiger partial charge in [-0.2, -0.15) is 0 Å². The van der Waals surface area contributed by atoms with Crippen molar-refractivity contribution in [3.05, 3.63) is 63.3 Å². The molecular formula is C22H22BNO5S. The fourth-order valence-electron chi connectivity index (χ4n) is 5.30. The van der Waals surface area contributed by atoms with Crippen molar-refractivity contribution in [2.24, 2.45) is 17.8 Å². The van der Waals surface area contributed by atoms with Crippen LogP contribution in [0.25, 0.3) is 0 Å². The van der Waals surface area contributed by atoms with Gasteiger partial charge in [-0.3, -0.25) is 14.5 Å². The molecule has 1 aliphatic carbocycles. The third-order valence-corrected chi connectivity index (χ3v) is 7.49. The summed E-state index contributed by atoms with van der Waals surface area (Å²) in [6, 6.07) is 10.7. The van der Waals surface area contributed by atoms with Crippen LogP contribution in [0.5, 0.6) is 5.75 Å². The molecule has 2 N–H and O–H groups in total. The lowest BCUT2D eigenvalue weighted by Gasteiger charge is -2.41. The summed E-state index contributed by atoms with van der Waals surface area (Å²) >= 11 is 1.53. The molecule has 0 radical (unpaired) electrons. The predicted molar refractivity (Wildman–Crippen MR) is 112 cm³/mol. The van der Waals surface area contributed by atoms with Gasteiger partial charge in [-0.05, 0) is 48.7 Å². The molecule has 5 rings (SSSR count). The van der Waals surface area contributed by atoms with Crippen LogP contribution in [0.15, 0.2) is 52.8 Å². The molecule has 0 saturated carbocycles. The number of likely N-dealkylation sites (tertiary alicyclic amines) is 1. The quantitative estimate of drug-likeness (QED) is 0.586. The molecular weight excluding hydrogens is 401 g/mol. The van der Waals surface area contributed by atoms with Gasteiger partial charge in [0.2, 0.25) is 11.8 Å². The molecule has 0 bridgehead atoms. The predicted octanol–water partition coefficient (Wildman–Crippen LogP) is 3.07. The number of carbonyl (C=O) groups excluding carboxylic acids is 2. The number of imide groups is 1. The summed E-state index contributed by atoms with van der Waals surface area (Å²) in [7, 11) is -1.15. The minimum atomic E-state index is -1.15. The maximum Gasteiger partial charge on any atom is 0.487 e. The van der Waals surface area contributed by atoms with Crippen LogP contribution in [0.2, 0.25) is 0 Å². The Labute approximate surface area is 178 Å². The Kier molecular flexibility index (Phi) is 4.80. The van der Waals surface area contributed by atoms with Crippen LogP contribution < -0.4 is 0 Å². The van der Waals surface area contributed by atoms with Crippen LogP contribution in [0, 0.1) is 17.8 Å². The average molecular weight is 423 g/mol. The van der Waals surface area contributed by atoms with Crippen LogP contribution in [-0.2, 0) is 20.8 Å². The monoisotopic (exact) mass is 423 g/mol. The van der Waals surface area contributed by atoms with E-state index in [0.29, 0.717) is 24.9 Å². The highest BCUT2D eigenvalue weighted by molar-refractivity contribution is 7.09. The summed E-state index contributed by atoms with van der Waals surface area (Å²) in [5.74, 6) is -1.39. The zero-order valence-electron chi connectivity index (χ0n) is 16.5. The Hall–Kier alpha value is -2.42. The molecule has 8 heteroatoms. The number of phenolic OH excluding ortho intramolecular Hbond substituents is 1. The zero-order valence-corrected chi connectivity index (χ0v) is 17.3. The fourth-order valence-corrected chi connectivity index (χ4v) is 5.99. The lowest BCUT2D eigenvalue weighted by Crippen LogP contribution is -2.44. The standard InChI is InChI=1S/C22H22BNO5S/c1-12-9-16-19(22(27)24(21(16)26)11-13-5-4-8-30-13)15-10-18(29-23(28)20(12)15)14-6-2-3-7-17(14)25/h2-8,15-16,18-19,25,28H,9-11H2,1H3/t15-,16-,18-,19+/m0/s1. The van der Waals surface area contributed by atoms with E-state index in [2.05, 4.69) is 0 Å². The number of thiophene rings is 1. The van der Waals surface area contributed by atoms with Gasteiger partial charge >= 0.3 is 7.12 Å². The maximum atomic E-state index is 13.4. The Balaban J connectivity index is 1.49. The van der Waals surface area contributed by atoms with Gasteiger partial charge < -0.3 is 14.8 Å². The molecule has 2 fully saturated rings. The van der Waals surface area contributed by atoms with Crippen molar-refractivity contribution in [2.75, 3.05) is 0 Å². The first kappa shape index (κ1) is 19.5. The number of rotatable bonds is 3. The summed E-state index contributed by atoms with van der Waals surface area (Å²) in [6.07, 6.45) is 0.355. The number of aromatic hydroxyl groups is 1. The SMILES string of the molecule is CC1=C2B(O)O[C@H](c3ccccc3O)C[C@H]2[C@H]2C(=O)N(Cc3cccs3)C(=O)[C@H]2C1. The molecule has 1 aromatic carbocycles. The minimum Gasteiger partial charge on any atom is -0.508 e. The fraction of sp³-hybridized carbons (Fsp3) is 0.364. The van der Waals surface area contributed by atoms with E-state index in [1.807, 2.05) is 24.4 Å². The molecule has 154 valence electrons. The number of hydrogen-bond donors (Lipinski definition) is 2. The van der Waals surface area contributed by atoms with Crippen LogP contribution in [0.3, 0.4) is 0 Å². The second-order valence-corrected chi connectivity index (χ2v) is 9.32. The third kappa shape index (κ3) is 3.02. The molecule has 2 saturated heterocycles. The van der Waals surface area contributed by atoms with E-state index in [0.717, 1.165) is 15.9 Å². The molecule has 2 aromatic rings. The summed E-state index contributed by atoms with van der Waals surface area (Å²) in [4.78, 5) is 28.9. The zero-order chi connectivity index (χ0) is 21.0. The van der Waals surface area contributed by atoms with Gasteiger partial charge in [-0.25, -0.2) is 0 Å². The molecule has 1 aromatic heterocycles. The Bertz CT molecular complexity index is 1040. The number of carbonyl (C=O) groups is 2. The minimum absolute atomic E-state index is 0.0966. The number of nitrogens with zero attached hydrogens (tertiary/aromatic N) is 1. The average Bonchev–Trinajstić information content (AvgIpc) is 3.31.